The molecule has 2 aromatic carbocycles. The van der Waals surface area contributed by atoms with Crippen molar-refractivity contribution in [3.63, 3.8) is 0 Å². The van der Waals surface area contributed by atoms with Crippen molar-refractivity contribution >= 4 is 27.8 Å². The first-order valence-corrected chi connectivity index (χ1v) is 8.65. The quantitative estimate of drug-likeness (QED) is 0.745. The predicted octanol–water partition coefficient (Wildman–Crippen LogP) is 3.56. The van der Waals surface area contributed by atoms with Crippen molar-refractivity contribution in [2.75, 3.05) is 13.7 Å². The molecule has 0 aromatic heterocycles. The normalized spacial score (nSPS) is 11.6. The summed E-state index contributed by atoms with van der Waals surface area (Å²) < 4.78 is 38.6. The fraction of sp³-hybridized carbons (Fsp3) is 0.188. The minimum Gasteiger partial charge on any atom is -0.493 e. The summed E-state index contributed by atoms with van der Waals surface area (Å²) >= 11 is 6.14. The van der Waals surface area contributed by atoms with E-state index in [0.717, 1.165) is 0 Å². The lowest BCUT2D eigenvalue weighted by molar-refractivity contribution is 0.311. The Bertz CT molecular complexity index is 804. The zero-order valence-corrected chi connectivity index (χ0v) is 14.3. The summed E-state index contributed by atoms with van der Waals surface area (Å²) in [6.07, 6.45) is 1.23. The van der Waals surface area contributed by atoms with Gasteiger partial charge in [-0.2, -0.15) is 12.8 Å². The molecule has 5 nitrogen and oxygen atoms in total. The second kappa shape index (κ2) is 7.48. The molecule has 0 heterocycles. The van der Waals surface area contributed by atoms with E-state index in [9.17, 15) is 8.42 Å². The van der Waals surface area contributed by atoms with Crippen LogP contribution in [0.2, 0.25) is 5.02 Å². The van der Waals surface area contributed by atoms with Crippen molar-refractivity contribution in [3.05, 3.63) is 53.1 Å². The highest BCUT2D eigenvalue weighted by Crippen LogP contribution is 2.36. The van der Waals surface area contributed by atoms with Gasteiger partial charge in [0.25, 0.3) is 10.0 Å². The van der Waals surface area contributed by atoms with Crippen LogP contribution >= 0.6 is 11.6 Å². The topological polar surface area (TPSA) is 65.0 Å². The van der Waals surface area contributed by atoms with Crippen molar-refractivity contribution in [1.29, 1.82) is 0 Å². The highest BCUT2D eigenvalue weighted by Gasteiger charge is 2.13. The third-order valence-corrected chi connectivity index (χ3v) is 4.45. The molecule has 0 unspecified atom stereocenters. The molecule has 0 fully saturated rings. The van der Waals surface area contributed by atoms with Crippen LogP contribution in [0.25, 0.3) is 0 Å². The van der Waals surface area contributed by atoms with Gasteiger partial charge in [-0.15, -0.1) is 0 Å². The molecule has 0 radical (unpaired) electrons. The van der Waals surface area contributed by atoms with Gasteiger partial charge in [0.05, 0.1) is 23.6 Å². The van der Waals surface area contributed by atoms with Gasteiger partial charge in [-0.25, -0.2) is 0 Å². The number of hydrogen-bond acceptors (Lipinski definition) is 4. The van der Waals surface area contributed by atoms with E-state index < -0.39 is 10.0 Å². The molecule has 2 aromatic rings. The fourth-order valence-electron chi connectivity index (χ4n) is 1.88. The molecule has 0 N–H and O–H groups in total. The van der Waals surface area contributed by atoms with Crippen LogP contribution in [-0.2, 0) is 10.0 Å². The van der Waals surface area contributed by atoms with Crippen LogP contribution < -0.4 is 9.47 Å². The maximum atomic E-state index is 12.1. The number of rotatable bonds is 6. The zero-order valence-electron chi connectivity index (χ0n) is 12.7. The average Bonchev–Trinajstić information content (AvgIpc) is 2.56. The molecule has 0 aliphatic heterocycles. The van der Waals surface area contributed by atoms with Gasteiger partial charge in [0.15, 0.2) is 11.5 Å². The zero-order chi connectivity index (χ0) is 16.9. The third-order valence-electron chi connectivity index (χ3n) is 2.92. The van der Waals surface area contributed by atoms with Gasteiger partial charge < -0.3 is 9.47 Å². The molecule has 0 bridgehead atoms. The number of benzene rings is 2. The predicted molar refractivity (Wildman–Crippen MR) is 90.4 cm³/mol. The minimum absolute atomic E-state index is 0.125. The second-order valence-corrected chi connectivity index (χ2v) is 6.53. The van der Waals surface area contributed by atoms with Gasteiger partial charge in [0.1, 0.15) is 0 Å². The number of nitrogens with zero attached hydrogens (tertiary/aromatic N) is 1. The van der Waals surface area contributed by atoms with Crippen LogP contribution in [0.3, 0.4) is 0 Å². The summed E-state index contributed by atoms with van der Waals surface area (Å²) in [6, 6.07) is 11.2. The Morgan fingerprint density at radius 3 is 2.52 bits per heavy atom. The number of ether oxygens (including phenoxy) is 2. The van der Waals surface area contributed by atoms with E-state index in [-0.39, 0.29) is 4.90 Å². The lowest BCUT2D eigenvalue weighted by Gasteiger charge is -2.11. The molecule has 23 heavy (non-hydrogen) atoms. The van der Waals surface area contributed by atoms with Crippen molar-refractivity contribution in [3.8, 4) is 11.5 Å². The number of methoxy groups -OCH3 is 1. The van der Waals surface area contributed by atoms with Gasteiger partial charge in [-0.05, 0) is 36.8 Å². The lowest BCUT2D eigenvalue weighted by Crippen LogP contribution is -1.99. The molecule has 0 aliphatic rings. The molecular weight excluding hydrogens is 338 g/mol. The van der Waals surface area contributed by atoms with Crippen molar-refractivity contribution < 1.29 is 17.9 Å². The third kappa shape index (κ3) is 4.24. The number of halogens is 1. The van der Waals surface area contributed by atoms with Crippen molar-refractivity contribution in [1.82, 2.24) is 0 Å². The van der Waals surface area contributed by atoms with Gasteiger partial charge in [0.2, 0.25) is 0 Å². The van der Waals surface area contributed by atoms with Crippen molar-refractivity contribution in [2.45, 2.75) is 11.8 Å². The summed E-state index contributed by atoms with van der Waals surface area (Å²) in [5, 5.41) is 0.324. The SMILES string of the molecule is CCOc1c(Cl)cc(/C=N\S(=O)(=O)c2ccccc2)cc1OC. The smallest absolute Gasteiger partial charge is 0.282 e. The highest BCUT2D eigenvalue weighted by molar-refractivity contribution is 7.90. The molecule has 0 aliphatic carbocycles. The molecule has 0 spiro atoms. The highest BCUT2D eigenvalue weighted by atomic mass is 35.5. The van der Waals surface area contributed by atoms with E-state index in [1.807, 2.05) is 6.92 Å². The van der Waals surface area contributed by atoms with E-state index in [4.69, 9.17) is 21.1 Å². The first kappa shape index (κ1) is 17.3. The molecular formula is C16H16ClNO4S. The van der Waals surface area contributed by atoms with Gasteiger partial charge in [-0.3, -0.25) is 0 Å². The van der Waals surface area contributed by atoms with Crippen molar-refractivity contribution in [2.24, 2.45) is 4.40 Å². The molecule has 0 amide bonds. The van der Waals surface area contributed by atoms with Crippen LogP contribution in [0.1, 0.15) is 12.5 Å². The lowest BCUT2D eigenvalue weighted by atomic mass is 10.2. The van der Waals surface area contributed by atoms with E-state index in [1.54, 1.807) is 30.3 Å². The molecule has 0 atom stereocenters. The maximum absolute atomic E-state index is 12.1. The monoisotopic (exact) mass is 353 g/mol. The van der Waals surface area contributed by atoms with Crippen LogP contribution in [0.5, 0.6) is 11.5 Å². The van der Waals surface area contributed by atoms with E-state index >= 15 is 0 Å². The Hall–Kier alpha value is -2.05. The first-order valence-electron chi connectivity index (χ1n) is 6.83. The number of sulfonamides is 1. The molecule has 7 heteroatoms. The minimum atomic E-state index is -3.76. The largest absolute Gasteiger partial charge is 0.493 e. The maximum Gasteiger partial charge on any atom is 0.282 e. The number of hydrogen-bond donors (Lipinski definition) is 0. The van der Waals surface area contributed by atoms with Gasteiger partial charge >= 0.3 is 0 Å². The molecule has 0 saturated heterocycles. The summed E-state index contributed by atoms with van der Waals surface area (Å²) in [7, 11) is -2.27. The van der Waals surface area contributed by atoms with Crippen LogP contribution in [0, 0.1) is 0 Å². The molecule has 122 valence electrons. The Kier molecular flexibility index (Phi) is 5.63. The Morgan fingerprint density at radius 1 is 1.22 bits per heavy atom. The summed E-state index contributed by atoms with van der Waals surface area (Å²) in [6.45, 7) is 2.27. The molecule has 0 saturated carbocycles. The van der Waals surface area contributed by atoms with Crippen LogP contribution in [0.4, 0.5) is 0 Å². The summed E-state index contributed by atoms with van der Waals surface area (Å²) in [4.78, 5) is 0.125. The second-order valence-electron chi connectivity index (χ2n) is 4.49. The Balaban J connectivity index is 2.35. The van der Waals surface area contributed by atoms with E-state index in [2.05, 4.69) is 4.40 Å². The summed E-state index contributed by atoms with van der Waals surface area (Å²) in [5.74, 6) is 0.831. The van der Waals surface area contributed by atoms with Gasteiger partial charge in [-0.1, -0.05) is 29.8 Å². The standard InChI is InChI=1S/C16H16ClNO4S/c1-3-22-16-14(17)9-12(10-15(16)21-2)11-18-23(19,20)13-7-5-4-6-8-13/h4-11H,3H2,1-2H3/b18-11-. The van der Waals surface area contributed by atoms with E-state index in [1.165, 1.54) is 25.5 Å². The van der Waals surface area contributed by atoms with Gasteiger partial charge in [0, 0.05) is 6.21 Å². The fourth-order valence-corrected chi connectivity index (χ4v) is 3.04. The summed E-state index contributed by atoms with van der Waals surface area (Å²) in [5.41, 5.74) is 0.495. The Labute approximate surface area is 140 Å². The average molecular weight is 354 g/mol. The Morgan fingerprint density at radius 2 is 1.91 bits per heavy atom. The molecule has 2 rings (SSSR count). The van der Waals surface area contributed by atoms with Crippen LogP contribution in [0.15, 0.2) is 51.8 Å². The van der Waals surface area contributed by atoms with E-state index in [0.29, 0.717) is 28.7 Å². The first-order chi connectivity index (χ1) is 11.0. The van der Waals surface area contributed by atoms with Crippen LogP contribution in [-0.4, -0.2) is 28.3 Å².